The lowest BCUT2D eigenvalue weighted by Crippen LogP contribution is -2.21. The molecule has 2 heterocycles. The monoisotopic (exact) mass is 233 g/mol. The van der Waals surface area contributed by atoms with E-state index in [1.807, 2.05) is 0 Å². The summed E-state index contributed by atoms with van der Waals surface area (Å²) in [6, 6.07) is 0.600. The molecule has 4 nitrogen and oxygen atoms in total. The summed E-state index contributed by atoms with van der Waals surface area (Å²) >= 11 is 0. The van der Waals surface area contributed by atoms with Crippen molar-refractivity contribution in [1.82, 2.24) is 15.3 Å². The second-order valence-corrected chi connectivity index (χ2v) is 3.45. The minimum atomic E-state index is -4.46. The molecule has 1 saturated heterocycles. The maximum atomic E-state index is 12.3. The van der Waals surface area contributed by atoms with Crippen molar-refractivity contribution in [1.29, 1.82) is 0 Å². The van der Waals surface area contributed by atoms with Gasteiger partial charge in [0.2, 0.25) is 0 Å². The summed E-state index contributed by atoms with van der Waals surface area (Å²) in [7, 11) is 0. The van der Waals surface area contributed by atoms with Crippen LogP contribution in [0.3, 0.4) is 0 Å². The highest BCUT2D eigenvalue weighted by atomic mass is 19.4. The minimum absolute atomic E-state index is 0.150. The van der Waals surface area contributed by atoms with Crippen molar-refractivity contribution in [3.63, 3.8) is 0 Å². The lowest BCUT2D eigenvalue weighted by Gasteiger charge is -2.11. The fourth-order valence-electron chi connectivity index (χ4n) is 1.43. The van der Waals surface area contributed by atoms with Gasteiger partial charge in [-0.1, -0.05) is 0 Å². The van der Waals surface area contributed by atoms with Gasteiger partial charge in [0.25, 0.3) is 0 Å². The highest BCUT2D eigenvalue weighted by Gasteiger charge is 2.33. The van der Waals surface area contributed by atoms with Gasteiger partial charge < -0.3 is 10.1 Å². The van der Waals surface area contributed by atoms with Crippen molar-refractivity contribution in [3.05, 3.63) is 18.0 Å². The minimum Gasteiger partial charge on any atom is -0.459 e. The Kier molecular flexibility index (Phi) is 2.95. The van der Waals surface area contributed by atoms with Gasteiger partial charge in [-0.2, -0.15) is 18.2 Å². The van der Waals surface area contributed by atoms with E-state index in [9.17, 15) is 13.2 Å². The second kappa shape index (κ2) is 4.25. The van der Waals surface area contributed by atoms with Gasteiger partial charge in [0.05, 0.1) is 0 Å². The van der Waals surface area contributed by atoms with Crippen LogP contribution in [0.2, 0.25) is 0 Å². The van der Waals surface area contributed by atoms with Crippen molar-refractivity contribution in [2.45, 2.75) is 18.7 Å². The highest BCUT2D eigenvalue weighted by molar-refractivity contribution is 5.09. The first-order valence-corrected chi connectivity index (χ1v) is 4.83. The van der Waals surface area contributed by atoms with E-state index in [1.54, 1.807) is 0 Å². The first kappa shape index (κ1) is 11.1. The van der Waals surface area contributed by atoms with Gasteiger partial charge in [0, 0.05) is 12.7 Å². The molecule has 0 bridgehead atoms. The maximum Gasteiger partial charge on any atom is 0.433 e. The number of nitrogens with zero attached hydrogens (tertiary/aromatic N) is 2. The van der Waals surface area contributed by atoms with Crippen LogP contribution in [0, 0.1) is 0 Å². The zero-order chi connectivity index (χ0) is 11.6. The normalized spacial score (nSPS) is 21.1. The van der Waals surface area contributed by atoms with Crippen LogP contribution in [0.4, 0.5) is 13.2 Å². The Bertz CT molecular complexity index is 363. The van der Waals surface area contributed by atoms with E-state index >= 15 is 0 Å². The van der Waals surface area contributed by atoms with Gasteiger partial charge in [-0.15, -0.1) is 0 Å². The molecule has 1 aromatic heterocycles. The van der Waals surface area contributed by atoms with E-state index in [0.717, 1.165) is 25.2 Å². The van der Waals surface area contributed by atoms with Crippen molar-refractivity contribution < 1.29 is 17.9 Å². The summed E-state index contributed by atoms with van der Waals surface area (Å²) in [6.07, 6.45) is -2.81. The molecule has 2 rings (SSSR count). The highest BCUT2D eigenvalue weighted by Crippen LogP contribution is 2.28. The quantitative estimate of drug-likeness (QED) is 0.834. The molecule has 88 valence electrons. The Hall–Kier alpha value is -1.37. The third kappa shape index (κ3) is 2.60. The summed E-state index contributed by atoms with van der Waals surface area (Å²) in [5, 5.41) is 3.03. The van der Waals surface area contributed by atoms with E-state index in [0.29, 0.717) is 6.54 Å². The molecule has 1 aliphatic rings. The smallest absolute Gasteiger partial charge is 0.433 e. The van der Waals surface area contributed by atoms with Gasteiger partial charge in [-0.3, -0.25) is 0 Å². The zero-order valence-electron chi connectivity index (χ0n) is 8.29. The number of alkyl halides is 3. The molecular formula is C9H10F3N3O. The van der Waals surface area contributed by atoms with Crippen LogP contribution in [0.15, 0.2) is 12.3 Å². The third-order valence-electron chi connectivity index (χ3n) is 2.21. The average molecular weight is 233 g/mol. The van der Waals surface area contributed by atoms with Crippen LogP contribution in [0.1, 0.15) is 12.1 Å². The van der Waals surface area contributed by atoms with Crippen molar-refractivity contribution in [2.24, 2.45) is 0 Å². The Morgan fingerprint density at radius 2 is 2.25 bits per heavy atom. The molecule has 7 heteroatoms. The van der Waals surface area contributed by atoms with Crippen LogP contribution in [-0.2, 0) is 6.18 Å². The number of nitrogens with one attached hydrogen (secondary N) is 1. The Morgan fingerprint density at radius 1 is 1.44 bits per heavy atom. The van der Waals surface area contributed by atoms with E-state index in [4.69, 9.17) is 4.74 Å². The van der Waals surface area contributed by atoms with Crippen LogP contribution in [-0.4, -0.2) is 29.2 Å². The molecule has 1 aromatic rings. The Labute approximate surface area is 89.8 Å². The molecule has 1 N–H and O–H groups in total. The van der Waals surface area contributed by atoms with Crippen LogP contribution >= 0.6 is 0 Å². The molecule has 1 atom stereocenters. The van der Waals surface area contributed by atoms with Gasteiger partial charge in [-0.25, -0.2) is 4.98 Å². The fourth-order valence-corrected chi connectivity index (χ4v) is 1.43. The van der Waals surface area contributed by atoms with Crippen molar-refractivity contribution in [2.75, 3.05) is 13.1 Å². The molecule has 0 aromatic carbocycles. The average Bonchev–Trinajstić information content (AvgIpc) is 2.70. The maximum absolute atomic E-state index is 12.3. The molecule has 1 fully saturated rings. The lowest BCUT2D eigenvalue weighted by atomic mass is 10.3. The predicted molar refractivity (Wildman–Crippen MR) is 48.9 cm³/mol. The molecule has 0 radical (unpaired) electrons. The first-order chi connectivity index (χ1) is 7.55. The summed E-state index contributed by atoms with van der Waals surface area (Å²) in [6.45, 7) is 1.41. The summed E-state index contributed by atoms with van der Waals surface area (Å²) in [5.74, 6) is 0. The van der Waals surface area contributed by atoms with E-state index in [2.05, 4.69) is 15.3 Å². The number of hydrogen-bond acceptors (Lipinski definition) is 4. The SMILES string of the molecule is FC(F)(F)c1ccnc(OC2CCNC2)n1. The lowest BCUT2D eigenvalue weighted by molar-refractivity contribution is -0.141. The van der Waals surface area contributed by atoms with Gasteiger partial charge in [0.1, 0.15) is 6.10 Å². The number of ether oxygens (including phenoxy) is 1. The fraction of sp³-hybridized carbons (Fsp3) is 0.556. The van der Waals surface area contributed by atoms with Crippen LogP contribution < -0.4 is 10.1 Å². The molecule has 0 saturated carbocycles. The molecule has 0 spiro atoms. The first-order valence-electron chi connectivity index (χ1n) is 4.83. The van der Waals surface area contributed by atoms with E-state index in [-0.39, 0.29) is 12.1 Å². The molecule has 1 unspecified atom stereocenters. The number of halogens is 3. The van der Waals surface area contributed by atoms with E-state index in [1.165, 1.54) is 0 Å². The van der Waals surface area contributed by atoms with Crippen LogP contribution in [0.25, 0.3) is 0 Å². The second-order valence-electron chi connectivity index (χ2n) is 3.45. The summed E-state index contributed by atoms with van der Waals surface area (Å²) in [5.41, 5.74) is -0.983. The van der Waals surface area contributed by atoms with Crippen LogP contribution in [0.5, 0.6) is 6.01 Å². The number of hydrogen-bond donors (Lipinski definition) is 1. The molecule has 1 aliphatic heterocycles. The number of aromatic nitrogens is 2. The van der Waals surface area contributed by atoms with Crippen molar-refractivity contribution >= 4 is 0 Å². The largest absolute Gasteiger partial charge is 0.459 e. The molecular weight excluding hydrogens is 223 g/mol. The molecule has 16 heavy (non-hydrogen) atoms. The number of rotatable bonds is 2. The van der Waals surface area contributed by atoms with Gasteiger partial charge in [-0.05, 0) is 19.0 Å². The molecule has 0 aliphatic carbocycles. The summed E-state index contributed by atoms with van der Waals surface area (Å²) < 4.78 is 42.2. The van der Waals surface area contributed by atoms with Crippen molar-refractivity contribution in [3.8, 4) is 6.01 Å². The topological polar surface area (TPSA) is 47.0 Å². The van der Waals surface area contributed by atoms with Gasteiger partial charge >= 0.3 is 12.2 Å². The third-order valence-corrected chi connectivity index (χ3v) is 2.21. The summed E-state index contributed by atoms with van der Waals surface area (Å²) in [4.78, 5) is 6.98. The van der Waals surface area contributed by atoms with E-state index < -0.39 is 11.9 Å². The predicted octanol–water partition coefficient (Wildman–Crippen LogP) is 1.24. The zero-order valence-corrected chi connectivity index (χ0v) is 8.29. The standard InChI is InChI=1S/C9H10F3N3O/c10-9(11,12)7-2-4-14-8(15-7)16-6-1-3-13-5-6/h2,4,6,13H,1,3,5H2. The van der Waals surface area contributed by atoms with Gasteiger partial charge in [0.15, 0.2) is 5.69 Å². The Balaban J connectivity index is 2.09. The molecule has 0 amide bonds. The Morgan fingerprint density at radius 3 is 2.88 bits per heavy atom.